The lowest BCUT2D eigenvalue weighted by molar-refractivity contribution is 0.284. The molecule has 6 heteroatoms. The maximum atomic E-state index is 8.71. The van der Waals surface area contributed by atoms with Crippen LogP contribution in [0, 0.1) is 5.92 Å². The van der Waals surface area contributed by atoms with E-state index in [1.807, 2.05) is 12.1 Å². The molecule has 0 spiro atoms. The highest BCUT2D eigenvalue weighted by molar-refractivity contribution is 5.95. The van der Waals surface area contributed by atoms with E-state index in [9.17, 15) is 0 Å². The van der Waals surface area contributed by atoms with Crippen LogP contribution in [-0.2, 0) is 0 Å². The van der Waals surface area contributed by atoms with Crippen molar-refractivity contribution in [1.29, 1.82) is 0 Å². The first-order chi connectivity index (χ1) is 9.60. The lowest BCUT2D eigenvalue weighted by atomic mass is 9.96. The Morgan fingerprint density at radius 2 is 2.15 bits per heavy atom. The lowest BCUT2D eigenvalue weighted by Gasteiger charge is -2.34. The van der Waals surface area contributed by atoms with E-state index in [1.165, 1.54) is 12.8 Å². The van der Waals surface area contributed by atoms with Crippen molar-refractivity contribution < 1.29 is 5.21 Å². The highest BCUT2D eigenvalue weighted by Gasteiger charge is 2.20. The average molecular weight is 277 g/mol. The van der Waals surface area contributed by atoms with Gasteiger partial charge in [-0.25, -0.2) is 4.98 Å². The standard InChI is InChI=1S/C14H23N5O/c1-18(2)10-11-6-8-19(9-7-11)13-5-3-4-12(16-13)14(15)17-20/h3-5,11,20H,6-10H2,1-2H3,(H2,15,17). The maximum absolute atomic E-state index is 8.71. The largest absolute Gasteiger partial charge is 0.409 e. The van der Waals surface area contributed by atoms with Crippen molar-refractivity contribution in [3.8, 4) is 0 Å². The monoisotopic (exact) mass is 277 g/mol. The molecule has 1 aliphatic rings. The molecular formula is C14H23N5O. The molecule has 0 aliphatic carbocycles. The third kappa shape index (κ3) is 3.60. The molecule has 1 aromatic heterocycles. The number of anilines is 1. The molecule has 1 aromatic rings. The molecule has 0 bridgehead atoms. The molecule has 6 nitrogen and oxygen atoms in total. The fourth-order valence-electron chi connectivity index (χ4n) is 2.65. The third-order valence-corrected chi connectivity index (χ3v) is 3.67. The molecule has 20 heavy (non-hydrogen) atoms. The van der Waals surface area contributed by atoms with Crippen LogP contribution in [0.25, 0.3) is 0 Å². The Balaban J connectivity index is 2.00. The van der Waals surface area contributed by atoms with Crippen molar-refractivity contribution in [2.24, 2.45) is 16.8 Å². The molecule has 2 heterocycles. The van der Waals surface area contributed by atoms with Gasteiger partial charge in [-0.15, -0.1) is 0 Å². The number of amidine groups is 1. The van der Waals surface area contributed by atoms with Gasteiger partial charge < -0.3 is 20.7 Å². The molecule has 0 unspecified atom stereocenters. The van der Waals surface area contributed by atoms with Crippen LogP contribution < -0.4 is 10.6 Å². The average Bonchev–Trinajstić information content (AvgIpc) is 2.47. The van der Waals surface area contributed by atoms with Crippen molar-refractivity contribution in [1.82, 2.24) is 9.88 Å². The first-order valence-electron chi connectivity index (χ1n) is 6.94. The zero-order valence-corrected chi connectivity index (χ0v) is 12.2. The van der Waals surface area contributed by atoms with Crippen LogP contribution >= 0.6 is 0 Å². The van der Waals surface area contributed by atoms with Crippen LogP contribution in [0.5, 0.6) is 0 Å². The summed E-state index contributed by atoms with van der Waals surface area (Å²) in [6, 6.07) is 5.61. The Kier molecular flexibility index (Phi) is 4.79. The van der Waals surface area contributed by atoms with Crippen LogP contribution in [0.4, 0.5) is 5.82 Å². The smallest absolute Gasteiger partial charge is 0.188 e. The van der Waals surface area contributed by atoms with E-state index in [0.717, 1.165) is 31.4 Å². The number of oxime groups is 1. The Bertz CT molecular complexity index is 466. The number of nitrogens with two attached hydrogens (primary N) is 1. The number of rotatable bonds is 4. The topological polar surface area (TPSA) is 78.0 Å². The molecule has 0 amide bonds. The van der Waals surface area contributed by atoms with E-state index in [4.69, 9.17) is 10.9 Å². The van der Waals surface area contributed by atoms with Crippen LogP contribution in [0.2, 0.25) is 0 Å². The van der Waals surface area contributed by atoms with Crippen molar-refractivity contribution in [3.05, 3.63) is 23.9 Å². The summed E-state index contributed by atoms with van der Waals surface area (Å²) in [4.78, 5) is 8.96. The van der Waals surface area contributed by atoms with Crippen molar-refractivity contribution in [2.45, 2.75) is 12.8 Å². The van der Waals surface area contributed by atoms with Gasteiger partial charge in [-0.2, -0.15) is 0 Å². The van der Waals surface area contributed by atoms with E-state index >= 15 is 0 Å². The molecular weight excluding hydrogens is 254 g/mol. The Hall–Kier alpha value is -1.82. The number of hydrogen-bond acceptors (Lipinski definition) is 5. The predicted octanol–water partition coefficient (Wildman–Crippen LogP) is 0.954. The SMILES string of the molecule is CN(C)CC1CCN(c2cccc(C(N)=NO)n2)CC1. The summed E-state index contributed by atoms with van der Waals surface area (Å²) in [5.74, 6) is 1.71. The van der Waals surface area contributed by atoms with E-state index < -0.39 is 0 Å². The molecule has 110 valence electrons. The second kappa shape index (κ2) is 6.56. The first-order valence-corrected chi connectivity index (χ1v) is 6.94. The highest BCUT2D eigenvalue weighted by Crippen LogP contribution is 2.22. The fraction of sp³-hybridized carbons (Fsp3) is 0.571. The second-order valence-electron chi connectivity index (χ2n) is 5.56. The Morgan fingerprint density at radius 3 is 2.75 bits per heavy atom. The van der Waals surface area contributed by atoms with Gasteiger partial charge in [-0.1, -0.05) is 11.2 Å². The van der Waals surface area contributed by atoms with Gasteiger partial charge in [0.15, 0.2) is 5.84 Å². The molecule has 0 radical (unpaired) electrons. The fourth-order valence-corrected chi connectivity index (χ4v) is 2.65. The van der Waals surface area contributed by atoms with Crippen LogP contribution in [0.1, 0.15) is 18.5 Å². The van der Waals surface area contributed by atoms with E-state index in [1.54, 1.807) is 6.07 Å². The minimum absolute atomic E-state index is 0.0503. The third-order valence-electron chi connectivity index (χ3n) is 3.67. The molecule has 0 atom stereocenters. The number of pyridine rings is 1. The normalized spacial score (nSPS) is 17.8. The van der Waals surface area contributed by atoms with Gasteiger partial charge in [0.1, 0.15) is 11.5 Å². The second-order valence-corrected chi connectivity index (χ2v) is 5.56. The van der Waals surface area contributed by atoms with E-state index in [-0.39, 0.29) is 5.84 Å². The van der Waals surface area contributed by atoms with Gasteiger partial charge in [0.2, 0.25) is 0 Å². The predicted molar refractivity (Wildman–Crippen MR) is 80.2 cm³/mol. The molecule has 0 aromatic carbocycles. The lowest BCUT2D eigenvalue weighted by Crippen LogP contribution is -2.37. The van der Waals surface area contributed by atoms with Gasteiger partial charge in [0.05, 0.1) is 0 Å². The summed E-state index contributed by atoms with van der Waals surface area (Å²) < 4.78 is 0. The summed E-state index contributed by atoms with van der Waals surface area (Å²) in [6.07, 6.45) is 2.35. The molecule has 0 saturated carbocycles. The van der Waals surface area contributed by atoms with Gasteiger partial charge >= 0.3 is 0 Å². The van der Waals surface area contributed by atoms with E-state index in [0.29, 0.717) is 5.69 Å². The molecule has 1 aliphatic heterocycles. The van der Waals surface area contributed by atoms with E-state index in [2.05, 4.69) is 34.0 Å². The molecule has 1 fully saturated rings. The Morgan fingerprint density at radius 1 is 1.45 bits per heavy atom. The maximum Gasteiger partial charge on any atom is 0.188 e. The molecule has 2 rings (SSSR count). The van der Waals surface area contributed by atoms with Crippen molar-refractivity contribution >= 4 is 11.7 Å². The van der Waals surface area contributed by atoms with Crippen molar-refractivity contribution in [3.63, 3.8) is 0 Å². The van der Waals surface area contributed by atoms with Gasteiger partial charge in [-0.05, 0) is 45.0 Å². The number of aromatic nitrogens is 1. The van der Waals surface area contributed by atoms with Crippen LogP contribution in [-0.4, -0.2) is 54.7 Å². The van der Waals surface area contributed by atoms with Gasteiger partial charge in [0, 0.05) is 19.6 Å². The summed E-state index contributed by atoms with van der Waals surface area (Å²) in [7, 11) is 4.24. The zero-order chi connectivity index (χ0) is 14.5. The summed E-state index contributed by atoms with van der Waals surface area (Å²) in [5, 5.41) is 11.7. The number of piperidine rings is 1. The number of nitrogens with zero attached hydrogens (tertiary/aromatic N) is 4. The quantitative estimate of drug-likeness (QED) is 0.371. The summed E-state index contributed by atoms with van der Waals surface area (Å²) in [6.45, 7) is 3.15. The highest BCUT2D eigenvalue weighted by atomic mass is 16.4. The van der Waals surface area contributed by atoms with Gasteiger partial charge in [-0.3, -0.25) is 0 Å². The minimum Gasteiger partial charge on any atom is -0.409 e. The van der Waals surface area contributed by atoms with Gasteiger partial charge in [0.25, 0.3) is 0 Å². The molecule has 1 saturated heterocycles. The number of hydrogen-bond donors (Lipinski definition) is 2. The Labute approximate surface area is 119 Å². The first kappa shape index (κ1) is 14.6. The molecule has 3 N–H and O–H groups in total. The summed E-state index contributed by atoms with van der Waals surface area (Å²) >= 11 is 0. The zero-order valence-electron chi connectivity index (χ0n) is 12.2. The summed E-state index contributed by atoms with van der Waals surface area (Å²) in [5.41, 5.74) is 6.10. The van der Waals surface area contributed by atoms with Crippen molar-refractivity contribution in [2.75, 3.05) is 38.6 Å². The minimum atomic E-state index is 0.0503. The van der Waals surface area contributed by atoms with Crippen LogP contribution in [0.3, 0.4) is 0 Å². The van der Waals surface area contributed by atoms with Crippen LogP contribution in [0.15, 0.2) is 23.4 Å².